The zero-order valence-electron chi connectivity index (χ0n) is 19.0. The molecule has 1 aromatic carbocycles. The number of unbranched alkanes of at least 4 members (excludes halogenated alkanes) is 1. The van der Waals surface area contributed by atoms with Gasteiger partial charge in [0, 0.05) is 30.9 Å². The van der Waals surface area contributed by atoms with Gasteiger partial charge in [-0.05, 0) is 56.9 Å². The Morgan fingerprint density at radius 2 is 1.83 bits per heavy atom. The number of hydrogen-bond acceptors (Lipinski definition) is 3. The van der Waals surface area contributed by atoms with Crippen LogP contribution in [0.2, 0.25) is 0 Å². The summed E-state index contributed by atoms with van der Waals surface area (Å²) in [5.41, 5.74) is 4.60. The van der Waals surface area contributed by atoms with Gasteiger partial charge in [-0.2, -0.15) is 0 Å². The molecule has 0 bridgehead atoms. The number of anilines is 2. The molecule has 1 amide bonds. The molecule has 0 radical (unpaired) electrons. The summed E-state index contributed by atoms with van der Waals surface area (Å²) in [4.78, 5) is 14.9. The zero-order chi connectivity index (χ0) is 21.6. The van der Waals surface area contributed by atoms with Crippen molar-refractivity contribution in [2.45, 2.75) is 60.3 Å². The summed E-state index contributed by atoms with van der Waals surface area (Å²) in [6, 6.07) is 5.93. The van der Waals surface area contributed by atoms with Gasteiger partial charge in [-0.25, -0.2) is 0 Å². The molecule has 0 aliphatic rings. The van der Waals surface area contributed by atoms with Crippen molar-refractivity contribution in [1.29, 1.82) is 0 Å². The summed E-state index contributed by atoms with van der Waals surface area (Å²) in [5.74, 6) is -0.0302. The van der Waals surface area contributed by atoms with Crippen LogP contribution in [0.1, 0.15) is 70.7 Å². The minimum absolute atomic E-state index is 0.0302. The van der Waals surface area contributed by atoms with Gasteiger partial charge in [-0.15, -0.1) is 0 Å². The number of allylic oxidation sites excluding steroid dienone is 4. The molecule has 4 nitrogen and oxygen atoms in total. The van der Waals surface area contributed by atoms with Crippen LogP contribution in [0.3, 0.4) is 0 Å². The summed E-state index contributed by atoms with van der Waals surface area (Å²) in [6.45, 7) is 17.4. The first kappa shape index (κ1) is 24.5. The monoisotopic (exact) mass is 397 g/mol. The first-order valence-electron chi connectivity index (χ1n) is 10.9. The number of carbonyl (C=O) groups is 1. The van der Waals surface area contributed by atoms with Crippen molar-refractivity contribution >= 4 is 17.3 Å². The highest BCUT2D eigenvalue weighted by Crippen LogP contribution is 2.30. The normalized spacial score (nSPS) is 11.6. The molecule has 1 rings (SSSR count). The van der Waals surface area contributed by atoms with E-state index < -0.39 is 0 Å². The molecular formula is C25H39N3O. The molecule has 0 aliphatic heterocycles. The van der Waals surface area contributed by atoms with E-state index in [1.165, 1.54) is 0 Å². The summed E-state index contributed by atoms with van der Waals surface area (Å²) in [6.07, 6.45) is 10.2. The van der Waals surface area contributed by atoms with Crippen molar-refractivity contribution < 1.29 is 4.79 Å². The van der Waals surface area contributed by atoms with Crippen LogP contribution in [0.5, 0.6) is 0 Å². The molecule has 1 aromatic rings. The van der Waals surface area contributed by atoms with E-state index in [-0.39, 0.29) is 5.91 Å². The Balaban J connectivity index is 3.23. The van der Waals surface area contributed by atoms with Gasteiger partial charge in [0.25, 0.3) is 5.91 Å². The first-order chi connectivity index (χ1) is 14.0. The quantitative estimate of drug-likeness (QED) is 0.304. The average Bonchev–Trinajstić information content (AvgIpc) is 2.71. The van der Waals surface area contributed by atoms with Gasteiger partial charge < -0.3 is 15.5 Å². The van der Waals surface area contributed by atoms with Crippen molar-refractivity contribution in [3.63, 3.8) is 0 Å². The van der Waals surface area contributed by atoms with E-state index >= 15 is 0 Å². The number of benzene rings is 1. The number of nitrogens with zero attached hydrogens (tertiary/aromatic N) is 1. The van der Waals surface area contributed by atoms with Crippen molar-refractivity contribution in [3.8, 4) is 0 Å². The second kappa shape index (κ2) is 13.6. The van der Waals surface area contributed by atoms with Crippen LogP contribution in [0.4, 0.5) is 11.4 Å². The maximum atomic E-state index is 12.6. The van der Waals surface area contributed by atoms with Crippen molar-refractivity contribution in [2.24, 2.45) is 0 Å². The molecule has 0 fully saturated rings. The van der Waals surface area contributed by atoms with Gasteiger partial charge in [0.05, 0.1) is 11.4 Å². The number of rotatable bonds is 13. The number of carbonyl (C=O) groups excluding carboxylic acids is 1. The van der Waals surface area contributed by atoms with E-state index in [2.05, 4.69) is 49.0 Å². The minimum Gasteiger partial charge on any atom is -0.370 e. The molecule has 0 unspecified atom stereocenters. The number of hydrogen-bond donors (Lipinski definition) is 2. The fourth-order valence-corrected chi connectivity index (χ4v) is 3.03. The Hall–Kier alpha value is -2.49. The van der Waals surface area contributed by atoms with Gasteiger partial charge in [0.15, 0.2) is 0 Å². The van der Waals surface area contributed by atoms with E-state index in [4.69, 9.17) is 0 Å². The van der Waals surface area contributed by atoms with E-state index in [9.17, 15) is 4.79 Å². The summed E-state index contributed by atoms with van der Waals surface area (Å²) >= 11 is 0. The summed E-state index contributed by atoms with van der Waals surface area (Å²) in [5, 5.41) is 6.47. The summed E-state index contributed by atoms with van der Waals surface area (Å²) in [7, 11) is 0. The molecule has 0 heterocycles. The van der Waals surface area contributed by atoms with Crippen LogP contribution >= 0.6 is 0 Å². The smallest absolute Gasteiger partial charge is 0.251 e. The van der Waals surface area contributed by atoms with E-state index in [1.54, 1.807) is 0 Å². The van der Waals surface area contributed by atoms with Gasteiger partial charge in [0.1, 0.15) is 0 Å². The first-order valence-corrected chi connectivity index (χ1v) is 10.9. The maximum absolute atomic E-state index is 12.6. The van der Waals surface area contributed by atoms with Crippen LogP contribution < -0.4 is 15.5 Å². The molecule has 0 aliphatic carbocycles. The van der Waals surface area contributed by atoms with E-state index in [0.29, 0.717) is 12.1 Å². The topological polar surface area (TPSA) is 44.4 Å². The molecular weight excluding hydrogens is 358 g/mol. The van der Waals surface area contributed by atoms with Crippen molar-refractivity contribution in [1.82, 2.24) is 5.32 Å². The number of amides is 1. The third-order valence-electron chi connectivity index (χ3n) is 4.70. The molecule has 0 spiro atoms. The predicted octanol–water partition coefficient (Wildman–Crippen LogP) is 6.29. The van der Waals surface area contributed by atoms with Gasteiger partial charge in [-0.1, -0.05) is 52.0 Å². The zero-order valence-corrected chi connectivity index (χ0v) is 19.0. The van der Waals surface area contributed by atoms with Crippen molar-refractivity contribution in [2.75, 3.05) is 29.9 Å². The molecule has 2 N–H and O–H groups in total. The second-order valence-electron chi connectivity index (χ2n) is 7.31. The van der Waals surface area contributed by atoms with Crippen LogP contribution in [0.15, 0.2) is 54.3 Å². The predicted molar refractivity (Wildman–Crippen MR) is 128 cm³/mol. The Labute approximate surface area is 177 Å². The Kier molecular flexibility index (Phi) is 11.6. The largest absolute Gasteiger partial charge is 0.370 e. The Bertz CT molecular complexity index is 713. The lowest BCUT2D eigenvalue weighted by Crippen LogP contribution is -2.27. The van der Waals surface area contributed by atoms with E-state index in [1.807, 2.05) is 44.2 Å². The van der Waals surface area contributed by atoms with E-state index in [0.717, 1.165) is 61.4 Å². The molecule has 160 valence electrons. The van der Waals surface area contributed by atoms with Gasteiger partial charge in [-0.3, -0.25) is 4.79 Å². The Morgan fingerprint density at radius 3 is 2.41 bits per heavy atom. The lowest BCUT2D eigenvalue weighted by molar-refractivity contribution is 0.0953. The molecule has 0 saturated carbocycles. The van der Waals surface area contributed by atoms with Crippen LogP contribution in [0.25, 0.3) is 0 Å². The fraction of sp³-hybridized carbons (Fsp3) is 0.480. The fourth-order valence-electron chi connectivity index (χ4n) is 3.03. The molecule has 0 aromatic heterocycles. The lowest BCUT2D eigenvalue weighted by atomic mass is 10.1. The van der Waals surface area contributed by atoms with Crippen LogP contribution in [-0.2, 0) is 0 Å². The molecule has 0 saturated heterocycles. The minimum atomic E-state index is -0.0302. The third kappa shape index (κ3) is 8.18. The SMILES string of the molecule is C=C(Nc1cc(C(=O)NCCCC)ccc1N(CCC)CCC)/C(C)=C/C=C\C. The molecule has 0 atom stereocenters. The molecule has 29 heavy (non-hydrogen) atoms. The standard InChI is InChI=1S/C25H39N3O/c1-7-11-13-20(5)21(6)27-23-19-22(25(29)26-16-12-8-2)14-15-24(23)28(17-9-3)18-10-4/h7,11,13-15,19,27H,6,8-10,12,16-18H2,1-5H3,(H,26,29)/b11-7-,20-13+. The maximum Gasteiger partial charge on any atom is 0.251 e. The Morgan fingerprint density at radius 1 is 1.14 bits per heavy atom. The number of nitrogens with one attached hydrogen (secondary N) is 2. The average molecular weight is 398 g/mol. The molecule has 4 heteroatoms. The second-order valence-corrected chi connectivity index (χ2v) is 7.31. The van der Waals surface area contributed by atoms with Gasteiger partial charge >= 0.3 is 0 Å². The third-order valence-corrected chi connectivity index (χ3v) is 4.70. The van der Waals surface area contributed by atoms with Gasteiger partial charge in [0.2, 0.25) is 0 Å². The van der Waals surface area contributed by atoms with Crippen molar-refractivity contribution in [3.05, 3.63) is 59.8 Å². The van der Waals surface area contributed by atoms with Crippen LogP contribution in [0, 0.1) is 0 Å². The highest BCUT2D eigenvalue weighted by molar-refractivity contribution is 5.96. The van der Waals surface area contributed by atoms with Crippen LogP contribution in [-0.4, -0.2) is 25.5 Å². The lowest BCUT2D eigenvalue weighted by Gasteiger charge is -2.27. The highest BCUT2D eigenvalue weighted by atomic mass is 16.1. The highest BCUT2D eigenvalue weighted by Gasteiger charge is 2.15. The summed E-state index contributed by atoms with van der Waals surface area (Å²) < 4.78 is 0.